The summed E-state index contributed by atoms with van der Waals surface area (Å²) in [5.41, 5.74) is 0.644. The number of rotatable bonds is 6. The van der Waals surface area contributed by atoms with E-state index in [0.29, 0.717) is 12.1 Å². The molecule has 8 heteroatoms. The maximum absolute atomic E-state index is 14.1. The summed E-state index contributed by atoms with van der Waals surface area (Å²) in [5, 5.41) is 10.9. The summed E-state index contributed by atoms with van der Waals surface area (Å²) in [7, 11) is 5.05. The number of hydrogen-bond acceptors (Lipinski definition) is 6. The zero-order valence-electron chi connectivity index (χ0n) is 16.4. The molecule has 7 nitrogen and oxygen atoms in total. The average Bonchev–Trinajstić information content (AvgIpc) is 2.97. The van der Waals surface area contributed by atoms with Crippen LogP contribution in [0.5, 0.6) is 5.75 Å². The minimum absolute atomic E-state index is 0.0127. The van der Waals surface area contributed by atoms with Crippen LogP contribution in [0.15, 0.2) is 48.3 Å². The minimum Gasteiger partial charge on any atom is -0.507 e. The fourth-order valence-corrected chi connectivity index (χ4v) is 3.28. The highest BCUT2D eigenvalue weighted by Gasteiger charge is 2.45. The summed E-state index contributed by atoms with van der Waals surface area (Å²) in [5.74, 6) is -2.61. The number of likely N-dealkylation sites (N-methyl/N-ethyl adjacent to an activating group) is 1. The van der Waals surface area contributed by atoms with Crippen molar-refractivity contribution in [2.75, 3.05) is 34.3 Å². The van der Waals surface area contributed by atoms with Gasteiger partial charge in [0.15, 0.2) is 11.6 Å². The average molecular weight is 399 g/mol. The molecule has 0 radical (unpaired) electrons. The van der Waals surface area contributed by atoms with Crippen LogP contribution >= 0.6 is 0 Å². The highest BCUT2D eigenvalue weighted by atomic mass is 19.1. The van der Waals surface area contributed by atoms with Crippen molar-refractivity contribution in [3.05, 3.63) is 65.2 Å². The second-order valence-electron chi connectivity index (χ2n) is 6.93. The second kappa shape index (κ2) is 8.40. The van der Waals surface area contributed by atoms with E-state index in [1.54, 1.807) is 24.5 Å². The fraction of sp³-hybridized carbons (Fsp3) is 0.286. The van der Waals surface area contributed by atoms with Crippen molar-refractivity contribution in [1.82, 2.24) is 14.8 Å². The number of ether oxygens (including phenoxy) is 1. The number of benzene rings is 1. The molecule has 1 aliphatic heterocycles. The summed E-state index contributed by atoms with van der Waals surface area (Å²) < 4.78 is 19.0. The van der Waals surface area contributed by atoms with Crippen LogP contribution in [0.3, 0.4) is 0 Å². The van der Waals surface area contributed by atoms with E-state index in [1.807, 2.05) is 19.0 Å². The van der Waals surface area contributed by atoms with Gasteiger partial charge in [-0.3, -0.25) is 14.6 Å². The summed E-state index contributed by atoms with van der Waals surface area (Å²) in [6.45, 7) is 0.824. The lowest BCUT2D eigenvalue weighted by molar-refractivity contribution is -0.140. The first-order valence-corrected chi connectivity index (χ1v) is 9.02. The minimum atomic E-state index is -0.806. The predicted molar refractivity (Wildman–Crippen MR) is 105 cm³/mol. The quantitative estimate of drug-likeness (QED) is 0.456. The molecular weight excluding hydrogens is 377 g/mol. The van der Waals surface area contributed by atoms with E-state index in [4.69, 9.17) is 4.74 Å². The molecule has 152 valence electrons. The Morgan fingerprint density at radius 2 is 1.93 bits per heavy atom. The molecule has 29 heavy (non-hydrogen) atoms. The summed E-state index contributed by atoms with van der Waals surface area (Å²) >= 11 is 0. The van der Waals surface area contributed by atoms with E-state index < -0.39 is 29.3 Å². The van der Waals surface area contributed by atoms with Crippen LogP contribution in [0.2, 0.25) is 0 Å². The number of aliphatic hydroxyl groups is 1. The normalized spacial score (nSPS) is 18.5. The molecule has 2 heterocycles. The van der Waals surface area contributed by atoms with Gasteiger partial charge in [-0.1, -0.05) is 0 Å². The molecule has 1 aliphatic rings. The topological polar surface area (TPSA) is 83.0 Å². The third-order valence-electron chi connectivity index (χ3n) is 4.78. The van der Waals surface area contributed by atoms with Crippen LogP contribution in [0.1, 0.15) is 17.2 Å². The van der Waals surface area contributed by atoms with E-state index in [-0.39, 0.29) is 23.4 Å². The number of aromatic nitrogens is 1. The van der Waals surface area contributed by atoms with Crippen molar-refractivity contribution >= 4 is 17.4 Å². The zero-order valence-corrected chi connectivity index (χ0v) is 16.4. The number of likely N-dealkylation sites (tertiary alicyclic amines) is 1. The van der Waals surface area contributed by atoms with Gasteiger partial charge in [0.2, 0.25) is 0 Å². The molecule has 1 aromatic heterocycles. The smallest absolute Gasteiger partial charge is 0.295 e. The van der Waals surface area contributed by atoms with Crippen LogP contribution in [-0.4, -0.2) is 65.9 Å². The molecular formula is C21H22FN3O4. The predicted octanol–water partition coefficient (Wildman–Crippen LogP) is 2.21. The number of ketones is 1. The van der Waals surface area contributed by atoms with Gasteiger partial charge in [0, 0.05) is 31.0 Å². The number of halogens is 1. The molecule has 0 spiro atoms. The van der Waals surface area contributed by atoms with Gasteiger partial charge in [-0.15, -0.1) is 0 Å². The first-order valence-electron chi connectivity index (χ1n) is 9.02. The van der Waals surface area contributed by atoms with Crippen LogP contribution in [0.4, 0.5) is 4.39 Å². The maximum atomic E-state index is 14.1. The molecule has 1 saturated heterocycles. The van der Waals surface area contributed by atoms with Crippen molar-refractivity contribution in [2.45, 2.75) is 6.04 Å². The maximum Gasteiger partial charge on any atom is 0.295 e. The van der Waals surface area contributed by atoms with Gasteiger partial charge in [0.1, 0.15) is 5.76 Å². The Morgan fingerprint density at radius 3 is 2.52 bits per heavy atom. The van der Waals surface area contributed by atoms with Crippen LogP contribution < -0.4 is 4.74 Å². The van der Waals surface area contributed by atoms with Gasteiger partial charge in [-0.25, -0.2) is 4.39 Å². The highest BCUT2D eigenvalue weighted by Crippen LogP contribution is 2.39. The van der Waals surface area contributed by atoms with E-state index in [9.17, 15) is 19.1 Å². The molecule has 0 bridgehead atoms. The monoisotopic (exact) mass is 399 g/mol. The molecule has 0 aliphatic carbocycles. The number of pyridine rings is 1. The molecule has 1 atom stereocenters. The van der Waals surface area contributed by atoms with Gasteiger partial charge in [-0.05, 0) is 50.0 Å². The standard InChI is InChI=1S/C21H22FN3O4/c1-24(2)10-11-25-18(13-6-8-23-9-7-13)17(20(27)21(25)28)19(26)14-4-5-16(29-3)15(22)12-14/h4-9,12,18,26H,10-11H2,1-3H3/b19-17-. The molecule has 2 aromatic rings. The van der Waals surface area contributed by atoms with E-state index in [1.165, 1.54) is 24.1 Å². The summed E-state index contributed by atoms with van der Waals surface area (Å²) in [4.78, 5) is 32.8. The first-order chi connectivity index (χ1) is 13.8. The van der Waals surface area contributed by atoms with E-state index in [0.717, 1.165) is 6.07 Å². The second-order valence-corrected chi connectivity index (χ2v) is 6.93. The molecule has 1 aromatic carbocycles. The molecule has 1 amide bonds. The van der Waals surface area contributed by atoms with Crippen molar-refractivity contribution in [2.24, 2.45) is 0 Å². The van der Waals surface area contributed by atoms with Gasteiger partial charge in [0.25, 0.3) is 11.7 Å². The van der Waals surface area contributed by atoms with Crippen LogP contribution in [-0.2, 0) is 9.59 Å². The number of nitrogens with zero attached hydrogens (tertiary/aromatic N) is 3. The lowest BCUT2D eigenvalue weighted by Crippen LogP contribution is -2.35. The van der Waals surface area contributed by atoms with Crippen LogP contribution in [0, 0.1) is 5.82 Å². The third kappa shape index (κ3) is 3.97. The molecule has 1 N–H and O–H groups in total. The van der Waals surface area contributed by atoms with Gasteiger partial charge in [0.05, 0.1) is 18.7 Å². The van der Waals surface area contributed by atoms with E-state index >= 15 is 0 Å². The lowest BCUT2D eigenvalue weighted by Gasteiger charge is -2.26. The molecule has 1 unspecified atom stereocenters. The number of amides is 1. The lowest BCUT2D eigenvalue weighted by atomic mass is 9.96. The van der Waals surface area contributed by atoms with Crippen molar-refractivity contribution in [3.8, 4) is 5.75 Å². The third-order valence-corrected chi connectivity index (χ3v) is 4.78. The Morgan fingerprint density at radius 1 is 1.24 bits per heavy atom. The molecule has 3 rings (SSSR count). The molecule has 0 saturated carbocycles. The first kappa shape index (κ1) is 20.5. The van der Waals surface area contributed by atoms with Crippen LogP contribution in [0.25, 0.3) is 5.76 Å². The number of Topliss-reactive ketones (excluding diaryl/α,β-unsaturated/α-hetero) is 1. The largest absolute Gasteiger partial charge is 0.507 e. The number of carbonyl (C=O) groups excluding carboxylic acids is 2. The SMILES string of the molecule is COc1ccc(/C(O)=C2/C(=O)C(=O)N(CCN(C)C)C2c2ccncc2)cc1F. The van der Waals surface area contributed by atoms with Gasteiger partial charge in [-0.2, -0.15) is 0 Å². The van der Waals surface area contributed by atoms with Crippen molar-refractivity contribution in [3.63, 3.8) is 0 Å². The number of aliphatic hydroxyl groups excluding tert-OH is 1. The Labute approximate surface area is 168 Å². The highest BCUT2D eigenvalue weighted by molar-refractivity contribution is 6.46. The van der Waals surface area contributed by atoms with Gasteiger partial charge >= 0.3 is 0 Å². The van der Waals surface area contributed by atoms with Crippen molar-refractivity contribution < 1.29 is 23.8 Å². The van der Waals surface area contributed by atoms with Crippen molar-refractivity contribution in [1.29, 1.82) is 0 Å². The Kier molecular flexibility index (Phi) is 5.93. The Hall–Kier alpha value is -3.26. The number of hydrogen-bond donors (Lipinski definition) is 1. The fourth-order valence-electron chi connectivity index (χ4n) is 3.28. The summed E-state index contributed by atoms with van der Waals surface area (Å²) in [6, 6.07) is 6.44. The zero-order chi connectivity index (χ0) is 21.1. The Balaban J connectivity index is 2.13. The van der Waals surface area contributed by atoms with E-state index in [2.05, 4.69) is 4.98 Å². The summed E-state index contributed by atoms with van der Waals surface area (Å²) in [6.07, 6.45) is 3.10. The molecule has 1 fully saturated rings. The Bertz CT molecular complexity index is 960. The number of methoxy groups -OCH3 is 1. The number of carbonyl (C=O) groups is 2. The van der Waals surface area contributed by atoms with Gasteiger partial charge < -0.3 is 19.6 Å².